The molecular weight excluding hydrogens is 448 g/mol. The normalized spacial score (nSPS) is 15.5. The van der Waals surface area contributed by atoms with Gasteiger partial charge in [-0.2, -0.15) is 0 Å². The minimum absolute atomic E-state index is 0.000735. The van der Waals surface area contributed by atoms with Crippen LogP contribution in [0.15, 0.2) is 59.4 Å². The summed E-state index contributed by atoms with van der Waals surface area (Å²) in [5, 5.41) is 14.2. The van der Waals surface area contributed by atoms with E-state index < -0.39 is 0 Å². The Kier molecular flexibility index (Phi) is 7.56. The molecule has 1 N–H and O–H groups in total. The summed E-state index contributed by atoms with van der Waals surface area (Å²) in [7, 11) is 0. The average molecular weight is 485 g/mol. The predicted octanol–water partition coefficient (Wildman–Crippen LogP) is 5.74. The lowest BCUT2D eigenvalue weighted by molar-refractivity contribution is 0.155. The molecule has 0 amide bonds. The molecule has 0 aliphatic heterocycles. The molecule has 2 aromatic carbocycles. The molecule has 0 unspecified atom stereocenters. The Morgan fingerprint density at radius 3 is 2.56 bits per heavy atom. The highest BCUT2D eigenvalue weighted by Crippen LogP contribution is 2.32. The lowest BCUT2D eigenvalue weighted by atomic mass is 9.95. The number of pyridine rings is 1. The van der Waals surface area contributed by atoms with Crippen LogP contribution in [-0.4, -0.2) is 30.1 Å². The molecule has 1 atom stereocenters. The van der Waals surface area contributed by atoms with Crippen LogP contribution in [0.1, 0.15) is 87.0 Å². The Morgan fingerprint density at radius 2 is 1.81 bits per heavy atom. The van der Waals surface area contributed by atoms with E-state index in [0.29, 0.717) is 19.1 Å². The van der Waals surface area contributed by atoms with E-state index in [1.165, 1.54) is 30.4 Å². The van der Waals surface area contributed by atoms with Crippen LogP contribution in [0.25, 0.3) is 10.9 Å². The third kappa shape index (κ3) is 5.26. The summed E-state index contributed by atoms with van der Waals surface area (Å²) in [6.07, 6.45) is 7.80. The summed E-state index contributed by atoms with van der Waals surface area (Å²) in [5.74, 6) is 0.908. The molecule has 4 aromatic rings. The van der Waals surface area contributed by atoms with E-state index in [1.54, 1.807) is 0 Å². The van der Waals surface area contributed by atoms with E-state index in [-0.39, 0.29) is 11.6 Å². The zero-order valence-electron chi connectivity index (χ0n) is 21.4. The number of rotatable bonds is 9. The van der Waals surface area contributed by atoms with Gasteiger partial charge in [-0.3, -0.25) is 9.69 Å². The summed E-state index contributed by atoms with van der Waals surface area (Å²) in [4.78, 5) is 18.6. The Bertz CT molecular complexity index is 1340. The van der Waals surface area contributed by atoms with Crippen LogP contribution in [0, 0.1) is 0 Å². The Morgan fingerprint density at radius 1 is 1.00 bits per heavy atom. The van der Waals surface area contributed by atoms with Crippen molar-refractivity contribution < 1.29 is 0 Å². The molecule has 1 aliphatic rings. The fourth-order valence-corrected chi connectivity index (χ4v) is 5.56. The summed E-state index contributed by atoms with van der Waals surface area (Å²) in [6, 6.07) is 19.1. The van der Waals surface area contributed by atoms with Gasteiger partial charge in [-0.25, -0.2) is 4.68 Å². The van der Waals surface area contributed by atoms with Crippen molar-refractivity contribution >= 4 is 10.9 Å². The molecule has 1 aliphatic carbocycles. The van der Waals surface area contributed by atoms with Gasteiger partial charge in [0.25, 0.3) is 5.56 Å². The topological polar surface area (TPSA) is 79.7 Å². The van der Waals surface area contributed by atoms with Gasteiger partial charge in [-0.15, -0.1) is 5.10 Å². The first-order valence-electron chi connectivity index (χ1n) is 13.4. The van der Waals surface area contributed by atoms with Crippen molar-refractivity contribution in [1.82, 2.24) is 30.1 Å². The summed E-state index contributed by atoms with van der Waals surface area (Å²) >= 11 is 0. The predicted molar refractivity (Wildman–Crippen MR) is 143 cm³/mol. The molecule has 0 bridgehead atoms. The average Bonchev–Trinajstić information content (AvgIpc) is 3.40. The van der Waals surface area contributed by atoms with Crippen LogP contribution in [0.3, 0.4) is 0 Å². The molecule has 1 fully saturated rings. The maximum Gasteiger partial charge on any atom is 0.252 e. The summed E-state index contributed by atoms with van der Waals surface area (Å²) in [6.45, 7) is 5.56. The van der Waals surface area contributed by atoms with Gasteiger partial charge < -0.3 is 4.98 Å². The highest BCUT2D eigenvalue weighted by Gasteiger charge is 2.29. The molecular formula is C29H36N6O. The number of nitrogens with one attached hydrogen (secondary N) is 1. The van der Waals surface area contributed by atoms with Crippen LogP contribution in [0.5, 0.6) is 0 Å². The van der Waals surface area contributed by atoms with Crippen molar-refractivity contribution in [2.24, 2.45) is 0 Å². The number of aromatic nitrogens is 5. The fraction of sp³-hybridized carbons (Fsp3) is 0.448. The molecule has 36 heavy (non-hydrogen) atoms. The van der Waals surface area contributed by atoms with Gasteiger partial charge in [0, 0.05) is 24.2 Å². The van der Waals surface area contributed by atoms with Gasteiger partial charge in [-0.05, 0) is 70.8 Å². The number of benzene rings is 2. The quantitative estimate of drug-likeness (QED) is 0.328. The Hall–Kier alpha value is -3.32. The van der Waals surface area contributed by atoms with Crippen LogP contribution in [-0.2, 0) is 19.5 Å². The van der Waals surface area contributed by atoms with Crippen LogP contribution >= 0.6 is 0 Å². The zero-order valence-corrected chi connectivity index (χ0v) is 21.4. The molecule has 1 saturated carbocycles. The van der Waals surface area contributed by atoms with Crippen LogP contribution < -0.4 is 5.56 Å². The molecule has 0 spiro atoms. The molecule has 2 aromatic heterocycles. The van der Waals surface area contributed by atoms with Crippen LogP contribution in [0.4, 0.5) is 0 Å². The number of fused-ring (bicyclic) bond motifs is 1. The van der Waals surface area contributed by atoms with Crippen LogP contribution in [0.2, 0.25) is 0 Å². The lowest BCUT2D eigenvalue weighted by Crippen LogP contribution is -2.33. The van der Waals surface area contributed by atoms with Crippen molar-refractivity contribution in [2.45, 2.75) is 84.0 Å². The third-order valence-electron chi connectivity index (χ3n) is 7.56. The minimum Gasteiger partial charge on any atom is -0.322 e. The fourth-order valence-electron chi connectivity index (χ4n) is 5.56. The van der Waals surface area contributed by atoms with Crippen molar-refractivity contribution in [3.05, 3.63) is 87.5 Å². The maximum absolute atomic E-state index is 13.2. The highest BCUT2D eigenvalue weighted by molar-refractivity contribution is 5.79. The van der Waals surface area contributed by atoms with E-state index in [4.69, 9.17) is 0 Å². The number of hydrogen-bond donors (Lipinski definition) is 1. The van der Waals surface area contributed by atoms with Gasteiger partial charge in [-0.1, -0.05) is 69.5 Å². The minimum atomic E-state index is -0.0356. The Balaban J connectivity index is 1.52. The van der Waals surface area contributed by atoms with Crippen molar-refractivity contribution in [2.75, 3.05) is 0 Å². The molecule has 2 heterocycles. The summed E-state index contributed by atoms with van der Waals surface area (Å²) < 4.78 is 2.07. The van der Waals surface area contributed by atoms with Crippen molar-refractivity contribution in [1.29, 1.82) is 0 Å². The SMILES string of the molecule is CCc1ccc2[nH]c(=O)c(CN(Cc3ccccc3)[C@@H](CC)c3nnnn3C3CCCCC3)cc2c1. The second-order valence-electron chi connectivity index (χ2n) is 9.99. The molecule has 5 rings (SSSR count). The molecule has 7 heteroatoms. The first-order chi connectivity index (χ1) is 17.7. The number of aromatic amines is 1. The molecule has 7 nitrogen and oxygen atoms in total. The van der Waals surface area contributed by atoms with E-state index in [2.05, 4.69) is 86.4 Å². The van der Waals surface area contributed by atoms with E-state index >= 15 is 0 Å². The largest absolute Gasteiger partial charge is 0.322 e. The van der Waals surface area contributed by atoms with Gasteiger partial charge in [0.2, 0.25) is 0 Å². The van der Waals surface area contributed by atoms with Crippen molar-refractivity contribution in [3.8, 4) is 0 Å². The highest BCUT2D eigenvalue weighted by atomic mass is 16.1. The first-order valence-corrected chi connectivity index (χ1v) is 13.4. The number of tetrazole rings is 1. The standard InChI is InChI=1S/C29H36N6O/c1-3-21-15-16-26-23(17-21)18-24(29(36)30-26)20-34(19-22-11-7-5-8-12-22)27(4-2)28-31-32-33-35(28)25-13-9-6-10-14-25/h5,7-8,11-12,15-18,25,27H,3-4,6,9-10,13-14,19-20H2,1-2H3,(H,30,36)/t27-/m0/s1. The van der Waals surface area contributed by atoms with Gasteiger partial charge in [0.05, 0.1) is 12.1 Å². The molecule has 188 valence electrons. The summed E-state index contributed by atoms with van der Waals surface area (Å²) in [5.41, 5.74) is 4.08. The number of aryl methyl sites for hydroxylation is 1. The molecule has 0 radical (unpaired) electrons. The number of nitrogens with zero attached hydrogens (tertiary/aromatic N) is 5. The van der Waals surface area contributed by atoms with E-state index in [0.717, 1.165) is 48.0 Å². The monoisotopic (exact) mass is 484 g/mol. The van der Waals surface area contributed by atoms with Gasteiger partial charge >= 0.3 is 0 Å². The smallest absolute Gasteiger partial charge is 0.252 e. The van der Waals surface area contributed by atoms with Gasteiger partial charge in [0.15, 0.2) is 5.82 Å². The second-order valence-corrected chi connectivity index (χ2v) is 9.99. The number of hydrogen-bond acceptors (Lipinski definition) is 5. The second kappa shape index (κ2) is 11.2. The maximum atomic E-state index is 13.2. The van der Waals surface area contributed by atoms with E-state index in [1.807, 2.05) is 12.1 Å². The molecule has 0 saturated heterocycles. The zero-order chi connectivity index (χ0) is 24.9. The first kappa shape index (κ1) is 24.4. The van der Waals surface area contributed by atoms with Crippen molar-refractivity contribution in [3.63, 3.8) is 0 Å². The lowest BCUT2D eigenvalue weighted by Gasteiger charge is -2.32. The van der Waals surface area contributed by atoms with E-state index in [9.17, 15) is 4.79 Å². The Labute approximate surface area is 212 Å². The van der Waals surface area contributed by atoms with Gasteiger partial charge in [0.1, 0.15) is 0 Å². The third-order valence-corrected chi connectivity index (χ3v) is 7.56. The number of H-pyrrole nitrogens is 1.